The molecule has 1 atom stereocenters. The monoisotopic (exact) mass is 418 g/mol. The minimum absolute atomic E-state index is 0.0426. The lowest BCUT2D eigenvalue weighted by molar-refractivity contribution is -0.129. The van der Waals surface area contributed by atoms with Crippen molar-refractivity contribution in [1.82, 2.24) is 10.2 Å². The van der Waals surface area contributed by atoms with Gasteiger partial charge in [-0.3, -0.25) is 9.59 Å². The Morgan fingerprint density at radius 3 is 2.66 bits per heavy atom. The van der Waals surface area contributed by atoms with E-state index < -0.39 is 12.1 Å². The van der Waals surface area contributed by atoms with E-state index >= 15 is 0 Å². The van der Waals surface area contributed by atoms with Crippen LogP contribution in [0.5, 0.6) is 0 Å². The van der Waals surface area contributed by atoms with Crippen molar-refractivity contribution in [3.05, 3.63) is 41.5 Å². The van der Waals surface area contributed by atoms with Crippen molar-refractivity contribution >= 4 is 29.5 Å². The summed E-state index contributed by atoms with van der Waals surface area (Å²) in [5, 5.41) is 2.84. The highest BCUT2D eigenvalue weighted by molar-refractivity contribution is 8.00. The lowest BCUT2D eigenvalue weighted by Crippen LogP contribution is -2.36. The Labute approximate surface area is 177 Å². The number of carbonyl (C=O) groups excluding carboxylic acids is 3. The first-order chi connectivity index (χ1) is 13.9. The smallest absolute Gasteiger partial charge is 0.340 e. The molecule has 0 heterocycles. The number of thioether (sulfide) groups is 1. The zero-order chi connectivity index (χ0) is 21.2. The van der Waals surface area contributed by atoms with Crippen LogP contribution >= 0.6 is 11.8 Å². The van der Waals surface area contributed by atoms with Crippen LogP contribution in [0.15, 0.2) is 40.8 Å². The molecule has 7 heteroatoms. The summed E-state index contributed by atoms with van der Waals surface area (Å²) in [5.41, 5.74) is 1.75. The molecular formula is C22H30N2O4S. The van der Waals surface area contributed by atoms with Gasteiger partial charge in [-0.05, 0) is 51.2 Å². The molecule has 1 aliphatic carbocycles. The lowest BCUT2D eigenvalue weighted by Gasteiger charge is -2.16. The fourth-order valence-electron chi connectivity index (χ4n) is 2.93. The number of esters is 1. The molecule has 2 amide bonds. The zero-order valence-corrected chi connectivity index (χ0v) is 18.2. The molecular weight excluding hydrogens is 388 g/mol. The first kappa shape index (κ1) is 23.0. The van der Waals surface area contributed by atoms with Gasteiger partial charge in [0.25, 0.3) is 5.91 Å². The fourth-order valence-corrected chi connectivity index (χ4v) is 3.95. The van der Waals surface area contributed by atoms with Crippen LogP contribution in [0, 0.1) is 0 Å². The Bertz CT molecular complexity index is 761. The second kappa shape index (κ2) is 11.7. The summed E-state index contributed by atoms with van der Waals surface area (Å²) in [7, 11) is 3.38. The average Bonchev–Trinajstić information content (AvgIpc) is 2.72. The molecule has 158 valence electrons. The molecule has 1 aliphatic rings. The minimum atomic E-state index is -0.885. The van der Waals surface area contributed by atoms with Crippen LogP contribution in [0.1, 0.15) is 49.4 Å². The molecule has 0 aliphatic heterocycles. The van der Waals surface area contributed by atoms with Crippen LogP contribution in [-0.2, 0) is 14.3 Å². The van der Waals surface area contributed by atoms with E-state index in [4.69, 9.17) is 4.74 Å². The molecule has 1 aromatic carbocycles. The van der Waals surface area contributed by atoms with E-state index in [1.807, 2.05) is 0 Å². The van der Waals surface area contributed by atoms with Crippen LogP contribution in [-0.4, -0.2) is 55.2 Å². The average molecular weight is 419 g/mol. The summed E-state index contributed by atoms with van der Waals surface area (Å²) in [6, 6.07) is 6.95. The normalized spacial score (nSPS) is 14.5. The Kier molecular flexibility index (Phi) is 9.25. The molecule has 1 aromatic rings. The number of benzene rings is 1. The third kappa shape index (κ3) is 7.57. The summed E-state index contributed by atoms with van der Waals surface area (Å²) >= 11 is 1.28. The fraction of sp³-hybridized carbons (Fsp3) is 0.500. The van der Waals surface area contributed by atoms with Gasteiger partial charge in [0.15, 0.2) is 6.10 Å². The van der Waals surface area contributed by atoms with Gasteiger partial charge in [0.1, 0.15) is 0 Å². The minimum Gasteiger partial charge on any atom is -0.449 e. The van der Waals surface area contributed by atoms with Gasteiger partial charge in [-0.2, -0.15) is 0 Å². The van der Waals surface area contributed by atoms with Crippen molar-refractivity contribution < 1.29 is 19.1 Å². The molecule has 6 nitrogen and oxygen atoms in total. The highest BCUT2D eigenvalue weighted by atomic mass is 32.2. The molecule has 0 spiro atoms. The number of allylic oxidation sites excluding steroid dienone is 1. The summed E-state index contributed by atoms with van der Waals surface area (Å²) in [4.78, 5) is 38.8. The van der Waals surface area contributed by atoms with Crippen LogP contribution in [0.3, 0.4) is 0 Å². The number of rotatable bonds is 9. The van der Waals surface area contributed by atoms with Gasteiger partial charge in [-0.15, -0.1) is 11.8 Å². The van der Waals surface area contributed by atoms with Crippen molar-refractivity contribution in [2.75, 3.05) is 26.4 Å². The molecule has 0 radical (unpaired) electrons. The topological polar surface area (TPSA) is 75.7 Å². The molecule has 29 heavy (non-hydrogen) atoms. The van der Waals surface area contributed by atoms with E-state index in [0.29, 0.717) is 17.0 Å². The highest BCUT2D eigenvalue weighted by Crippen LogP contribution is 2.24. The number of nitrogens with zero attached hydrogens (tertiary/aromatic N) is 1. The SMILES string of the molecule is C[C@H](OC(=O)c1ccccc1SCC(=O)N(C)C)C(=O)NCCC1=CCCCC1. The summed E-state index contributed by atoms with van der Waals surface area (Å²) < 4.78 is 5.36. The van der Waals surface area contributed by atoms with E-state index in [9.17, 15) is 14.4 Å². The number of carbonyl (C=O) groups is 3. The first-order valence-electron chi connectivity index (χ1n) is 9.97. The van der Waals surface area contributed by atoms with Crippen LogP contribution in [0.4, 0.5) is 0 Å². The van der Waals surface area contributed by atoms with Crippen molar-refractivity contribution in [3.63, 3.8) is 0 Å². The molecule has 0 saturated carbocycles. The van der Waals surface area contributed by atoms with Gasteiger partial charge in [-0.25, -0.2) is 4.79 Å². The highest BCUT2D eigenvalue weighted by Gasteiger charge is 2.21. The van der Waals surface area contributed by atoms with Crippen LogP contribution < -0.4 is 5.32 Å². The molecule has 0 saturated heterocycles. The molecule has 2 rings (SSSR count). The third-order valence-electron chi connectivity index (χ3n) is 4.74. The van der Waals surface area contributed by atoms with E-state index in [1.54, 1.807) is 45.3 Å². The van der Waals surface area contributed by atoms with E-state index in [2.05, 4.69) is 11.4 Å². The predicted octanol–water partition coefficient (Wildman–Crippen LogP) is 3.42. The van der Waals surface area contributed by atoms with Crippen molar-refractivity contribution in [2.45, 2.75) is 50.0 Å². The van der Waals surface area contributed by atoms with E-state index in [1.165, 1.54) is 35.1 Å². The van der Waals surface area contributed by atoms with Crippen LogP contribution in [0.2, 0.25) is 0 Å². The summed E-state index contributed by atoms with van der Waals surface area (Å²) in [6.45, 7) is 2.12. The standard InChI is InChI=1S/C22H30N2O4S/c1-16(21(26)23-14-13-17-9-5-4-6-10-17)28-22(27)18-11-7-8-12-19(18)29-15-20(25)24(2)3/h7-9,11-12,16H,4-6,10,13-15H2,1-3H3,(H,23,26)/t16-/m0/s1. The first-order valence-corrected chi connectivity index (χ1v) is 11.0. The van der Waals surface area contributed by atoms with Gasteiger partial charge in [0, 0.05) is 25.5 Å². The largest absolute Gasteiger partial charge is 0.449 e. The van der Waals surface area contributed by atoms with Gasteiger partial charge in [0.2, 0.25) is 5.91 Å². The summed E-state index contributed by atoms with van der Waals surface area (Å²) in [6.07, 6.45) is 6.89. The Balaban J connectivity index is 1.85. The van der Waals surface area contributed by atoms with Crippen molar-refractivity contribution in [1.29, 1.82) is 0 Å². The molecule has 1 N–H and O–H groups in total. The second-order valence-corrected chi connectivity index (χ2v) is 8.29. The molecule has 0 aromatic heterocycles. The quantitative estimate of drug-likeness (QED) is 0.378. The molecule has 0 unspecified atom stereocenters. The Hall–Kier alpha value is -2.28. The maximum atomic E-state index is 12.6. The second-order valence-electron chi connectivity index (χ2n) is 7.27. The maximum absolute atomic E-state index is 12.6. The van der Waals surface area contributed by atoms with Gasteiger partial charge >= 0.3 is 5.97 Å². The van der Waals surface area contributed by atoms with Crippen molar-refractivity contribution in [3.8, 4) is 0 Å². The zero-order valence-electron chi connectivity index (χ0n) is 17.4. The number of hydrogen-bond donors (Lipinski definition) is 1. The van der Waals surface area contributed by atoms with E-state index in [-0.39, 0.29) is 17.6 Å². The Morgan fingerprint density at radius 1 is 1.21 bits per heavy atom. The third-order valence-corrected chi connectivity index (χ3v) is 5.80. The van der Waals surface area contributed by atoms with Crippen molar-refractivity contribution in [2.24, 2.45) is 0 Å². The maximum Gasteiger partial charge on any atom is 0.340 e. The molecule has 0 fully saturated rings. The Morgan fingerprint density at radius 2 is 1.97 bits per heavy atom. The summed E-state index contributed by atoms with van der Waals surface area (Å²) in [5.74, 6) is -0.687. The number of ether oxygens (including phenoxy) is 1. The number of hydrogen-bond acceptors (Lipinski definition) is 5. The van der Waals surface area contributed by atoms with Gasteiger partial charge in [0.05, 0.1) is 11.3 Å². The van der Waals surface area contributed by atoms with Crippen LogP contribution in [0.25, 0.3) is 0 Å². The predicted molar refractivity (Wildman–Crippen MR) is 115 cm³/mol. The van der Waals surface area contributed by atoms with Gasteiger partial charge < -0.3 is 15.0 Å². The lowest BCUT2D eigenvalue weighted by atomic mass is 9.97. The number of amides is 2. The van der Waals surface area contributed by atoms with Gasteiger partial charge in [-0.1, -0.05) is 23.8 Å². The van der Waals surface area contributed by atoms with E-state index in [0.717, 1.165) is 19.3 Å². The molecule has 0 bridgehead atoms. The number of nitrogens with one attached hydrogen (secondary N) is 1.